The van der Waals surface area contributed by atoms with Crippen LogP contribution in [0.4, 0.5) is 5.69 Å². The Bertz CT molecular complexity index is 914. The number of rotatable bonds is 2. The normalized spacial score (nSPS) is 27.2. The average Bonchev–Trinajstić information content (AvgIpc) is 2.88. The van der Waals surface area contributed by atoms with E-state index in [1.807, 2.05) is 31.2 Å². The summed E-state index contributed by atoms with van der Waals surface area (Å²) in [6.07, 6.45) is 1.02. The number of amides is 2. The summed E-state index contributed by atoms with van der Waals surface area (Å²) in [7, 11) is 0. The molecule has 2 N–H and O–H groups in total. The Kier molecular flexibility index (Phi) is 4.20. The van der Waals surface area contributed by atoms with E-state index < -0.39 is 11.5 Å². The molecule has 2 amide bonds. The molecule has 3 atom stereocenters. The first-order valence-corrected chi connectivity index (χ1v) is 9.38. The highest BCUT2D eigenvalue weighted by atomic mass is 35.5. The molecular formula is C20H18Cl2N2O2. The van der Waals surface area contributed by atoms with Crippen molar-refractivity contribution in [1.82, 2.24) is 5.32 Å². The molecule has 26 heavy (non-hydrogen) atoms. The SMILES string of the molecule is CCC1CC(=O)NC(c2cccc(Cl)c2)C12C(=O)Nc1cc(Cl)ccc12. The summed E-state index contributed by atoms with van der Waals surface area (Å²) in [6.45, 7) is 2.02. The van der Waals surface area contributed by atoms with Crippen LogP contribution < -0.4 is 10.6 Å². The highest BCUT2D eigenvalue weighted by Gasteiger charge is 2.60. The van der Waals surface area contributed by atoms with E-state index in [1.54, 1.807) is 18.2 Å². The lowest BCUT2D eigenvalue weighted by molar-refractivity contribution is -0.133. The van der Waals surface area contributed by atoms with E-state index in [2.05, 4.69) is 10.6 Å². The van der Waals surface area contributed by atoms with Crippen molar-refractivity contribution in [3.63, 3.8) is 0 Å². The fourth-order valence-electron chi connectivity index (χ4n) is 4.47. The van der Waals surface area contributed by atoms with Crippen LogP contribution in [0.2, 0.25) is 10.0 Å². The minimum atomic E-state index is -0.882. The summed E-state index contributed by atoms with van der Waals surface area (Å²) in [4.78, 5) is 25.7. The van der Waals surface area contributed by atoms with Crippen molar-refractivity contribution in [3.05, 3.63) is 63.6 Å². The van der Waals surface area contributed by atoms with Gasteiger partial charge < -0.3 is 10.6 Å². The van der Waals surface area contributed by atoms with Gasteiger partial charge in [0.05, 0.1) is 6.04 Å². The molecule has 6 heteroatoms. The molecule has 134 valence electrons. The van der Waals surface area contributed by atoms with E-state index >= 15 is 0 Å². The standard InChI is InChI=1S/C20H18Cl2N2O2/c1-2-12-9-17(25)24-18(11-4-3-5-13(21)8-11)20(12)15-7-6-14(22)10-16(15)23-19(20)26/h3-8,10,12,18H,2,9H2,1H3,(H,23,26)(H,24,25). The largest absolute Gasteiger partial charge is 0.348 e. The Morgan fingerprint density at radius 3 is 2.62 bits per heavy atom. The van der Waals surface area contributed by atoms with Crippen LogP contribution in [0.15, 0.2) is 42.5 Å². The topological polar surface area (TPSA) is 58.2 Å². The van der Waals surface area contributed by atoms with Crippen LogP contribution in [0.25, 0.3) is 0 Å². The first-order chi connectivity index (χ1) is 12.5. The highest BCUT2D eigenvalue weighted by molar-refractivity contribution is 6.31. The molecule has 3 unspecified atom stereocenters. The van der Waals surface area contributed by atoms with Crippen molar-refractivity contribution in [3.8, 4) is 0 Å². The zero-order chi connectivity index (χ0) is 18.5. The van der Waals surface area contributed by atoms with Crippen LogP contribution in [-0.2, 0) is 15.0 Å². The van der Waals surface area contributed by atoms with E-state index in [-0.39, 0.29) is 17.7 Å². The number of nitrogens with one attached hydrogen (secondary N) is 2. The van der Waals surface area contributed by atoms with Crippen molar-refractivity contribution in [1.29, 1.82) is 0 Å². The molecule has 2 aliphatic heterocycles. The lowest BCUT2D eigenvalue weighted by Gasteiger charge is -2.46. The van der Waals surface area contributed by atoms with Gasteiger partial charge in [0.15, 0.2) is 0 Å². The maximum absolute atomic E-state index is 13.3. The molecular weight excluding hydrogens is 371 g/mol. The summed E-state index contributed by atoms with van der Waals surface area (Å²) in [5, 5.41) is 7.17. The summed E-state index contributed by atoms with van der Waals surface area (Å²) in [6, 6.07) is 12.3. The number of halogens is 2. The molecule has 0 saturated carbocycles. The van der Waals surface area contributed by atoms with Gasteiger partial charge in [0.25, 0.3) is 0 Å². The number of benzene rings is 2. The average molecular weight is 389 g/mol. The van der Waals surface area contributed by atoms with Gasteiger partial charge in [-0.25, -0.2) is 0 Å². The highest BCUT2D eigenvalue weighted by Crippen LogP contribution is 2.55. The smallest absolute Gasteiger partial charge is 0.237 e. The van der Waals surface area contributed by atoms with Crippen molar-refractivity contribution in [2.24, 2.45) is 5.92 Å². The predicted octanol–water partition coefficient (Wildman–Crippen LogP) is 4.47. The summed E-state index contributed by atoms with van der Waals surface area (Å²) in [5.41, 5.74) is 1.53. The number of hydrogen-bond acceptors (Lipinski definition) is 2. The van der Waals surface area contributed by atoms with Gasteiger partial charge in [0.1, 0.15) is 5.41 Å². The van der Waals surface area contributed by atoms with Crippen LogP contribution >= 0.6 is 23.2 Å². The maximum Gasteiger partial charge on any atom is 0.237 e. The Balaban J connectivity index is 1.97. The molecule has 2 aromatic rings. The van der Waals surface area contributed by atoms with E-state index in [1.165, 1.54) is 0 Å². The number of carbonyl (C=O) groups excluding carboxylic acids is 2. The van der Waals surface area contributed by atoms with Gasteiger partial charge in [-0.1, -0.05) is 54.7 Å². The van der Waals surface area contributed by atoms with Crippen molar-refractivity contribution < 1.29 is 9.59 Å². The third-order valence-electron chi connectivity index (χ3n) is 5.56. The Morgan fingerprint density at radius 1 is 1.12 bits per heavy atom. The fraction of sp³-hybridized carbons (Fsp3) is 0.300. The molecule has 4 nitrogen and oxygen atoms in total. The molecule has 1 fully saturated rings. The van der Waals surface area contributed by atoms with Crippen molar-refractivity contribution in [2.75, 3.05) is 5.32 Å². The predicted molar refractivity (Wildman–Crippen MR) is 102 cm³/mol. The van der Waals surface area contributed by atoms with Crippen LogP contribution in [0.3, 0.4) is 0 Å². The van der Waals surface area contributed by atoms with Gasteiger partial charge in [0.2, 0.25) is 11.8 Å². The second-order valence-corrected chi connectivity index (χ2v) is 7.75. The lowest BCUT2D eigenvalue weighted by atomic mass is 9.60. The van der Waals surface area contributed by atoms with Gasteiger partial charge in [-0.15, -0.1) is 0 Å². The van der Waals surface area contributed by atoms with E-state index in [4.69, 9.17) is 23.2 Å². The minimum Gasteiger partial charge on any atom is -0.348 e. The van der Waals surface area contributed by atoms with Crippen LogP contribution in [-0.4, -0.2) is 11.8 Å². The zero-order valence-electron chi connectivity index (χ0n) is 14.2. The number of carbonyl (C=O) groups is 2. The second-order valence-electron chi connectivity index (χ2n) is 6.88. The zero-order valence-corrected chi connectivity index (χ0v) is 15.7. The number of hydrogen-bond donors (Lipinski definition) is 2. The fourth-order valence-corrected chi connectivity index (χ4v) is 4.84. The van der Waals surface area contributed by atoms with E-state index in [9.17, 15) is 9.59 Å². The van der Waals surface area contributed by atoms with E-state index in [0.717, 1.165) is 11.1 Å². The van der Waals surface area contributed by atoms with Crippen molar-refractivity contribution >= 4 is 40.7 Å². The van der Waals surface area contributed by atoms with Crippen LogP contribution in [0, 0.1) is 5.92 Å². The molecule has 1 spiro atoms. The molecule has 2 heterocycles. The first-order valence-electron chi connectivity index (χ1n) is 8.63. The van der Waals surface area contributed by atoms with Crippen molar-refractivity contribution in [2.45, 2.75) is 31.2 Å². The summed E-state index contributed by atoms with van der Waals surface area (Å²) < 4.78 is 0. The number of fused-ring (bicyclic) bond motifs is 2. The minimum absolute atomic E-state index is 0.0531. The molecule has 0 bridgehead atoms. The molecule has 0 radical (unpaired) electrons. The Labute approximate surface area is 161 Å². The van der Waals surface area contributed by atoms with Gasteiger partial charge in [-0.3, -0.25) is 9.59 Å². The van der Waals surface area contributed by atoms with Gasteiger partial charge >= 0.3 is 0 Å². The Hall–Kier alpha value is -2.04. The van der Waals surface area contributed by atoms with Gasteiger partial charge in [0, 0.05) is 22.2 Å². The summed E-state index contributed by atoms with van der Waals surface area (Å²) >= 11 is 12.3. The monoisotopic (exact) mass is 388 g/mol. The quantitative estimate of drug-likeness (QED) is 0.796. The molecule has 1 saturated heterocycles. The third-order valence-corrected chi connectivity index (χ3v) is 6.03. The number of piperidine rings is 1. The molecule has 0 aliphatic carbocycles. The van der Waals surface area contributed by atoms with Gasteiger partial charge in [-0.2, -0.15) is 0 Å². The first kappa shape index (κ1) is 17.4. The second kappa shape index (κ2) is 6.29. The van der Waals surface area contributed by atoms with E-state index in [0.29, 0.717) is 28.6 Å². The van der Waals surface area contributed by atoms with Gasteiger partial charge in [-0.05, 0) is 41.3 Å². The maximum atomic E-state index is 13.3. The molecule has 2 aliphatic rings. The molecule has 0 aromatic heterocycles. The Morgan fingerprint density at radius 2 is 1.88 bits per heavy atom. The number of anilines is 1. The molecule has 2 aromatic carbocycles. The third kappa shape index (κ3) is 2.43. The molecule has 4 rings (SSSR count). The van der Waals surface area contributed by atoms with Crippen LogP contribution in [0.5, 0.6) is 0 Å². The lowest BCUT2D eigenvalue weighted by Crippen LogP contribution is -2.57. The van der Waals surface area contributed by atoms with Crippen LogP contribution in [0.1, 0.15) is 36.9 Å². The summed E-state index contributed by atoms with van der Waals surface area (Å²) in [5.74, 6) is -0.281.